The van der Waals surface area contributed by atoms with E-state index < -0.39 is 83.6 Å². The molecule has 0 spiro atoms. The molecular weight excluding hydrogens is 642 g/mol. The van der Waals surface area contributed by atoms with Crippen molar-refractivity contribution >= 4 is 46.9 Å². The van der Waals surface area contributed by atoms with Crippen LogP contribution in [0.15, 0.2) is 0 Å². The molecule has 1 saturated carbocycles. The third-order valence-electron chi connectivity index (χ3n) is 3.46. The van der Waals surface area contributed by atoms with Crippen LogP contribution in [0.5, 0.6) is 0 Å². The summed E-state index contributed by atoms with van der Waals surface area (Å²) < 4.78 is 89.9. The molecule has 1 rings (SSSR count). The first-order valence-electron chi connectivity index (χ1n) is 7.87. The number of phosphoric ester groups is 6. The Bertz CT molecular complexity index is 818. The van der Waals surface area contributed by atoms with Crippen molar-refractivity contribution in [3.8, 4) is 0 Å². The molecule has 216 valence electrons. The van der Waals surface area contributed by atoms with E-state index in [4.69, 9.17) is 19.6 Å². The van der Waals surface area contributed by atoms with E-state index in [1.165, 1.54) is 0 Å². The Morgan fingerprint density at radius 3 is 0.750 bits per heavy atom. The van der Waals surface area contributed by atoms with Crippen LogP contribution >= 0.6 is 46.9 Å². The summed E-state index contributed by atoms with van der Waals surface area (Å²) in [5, 5.41) is 0. The highest BCUT2D eigenvalue weighted by atomic mass is 31.2. The van der Waals surface area contributed by atoms with Crippen LogP contribution in [0.4, 0.5) is 0 Å². The topological polar surface area (TPSA) is 423 Å². The molecule has 0 aliphatic heterocycles. The standard InChI is InChI=1S/C6H18O24P6/c7-31(8,9)25-1-2(26-32(10,11)12)4(28-34(16,17)18)6(30-36(22,23)24)5(29-35(19,20)21)3(1)27-33(13,14)15/h1-6H,(H2,7,8,9)(H2,10,11,12)(H2,13,14,15)(H2,16,17,18)(H2,19,20,21)(H2,22,23,24)/p-8/t1-,2+,3?,4?,5+,6?/m1/s1. The predicted octanol–water partition coefficient (Wildman–Crippen LogP) is -8.19. The van der Waals surface area contributed by atoms with E-state index in [-0.39, 0.29) is 0 Å². The fourth-order valence-corrected chi connectivity index (χ4v) is 6.02. The summed E-state index contributed by atoms with van der Waals surface area (Å²) in [6, 6.07) is 0. The average Bonchev–Trinajstić information content (AvgIpc) is 2.51. The highest BCUT2D eigenvalue weighted by Crippen LogP contribution is 2.53. The third kappa shape index (κ3) is 13.1. The van der Waals surface area contributed by atoms with Crippen molar-refractivity contribution in [2.45, 2.75) is 36.6 Å². The summed E-state index contributed by atoms with van der Waals surface area (Å²) in [5.41, 5.74) is 0. The second kappa shape index (κ2) is 11.6. The van der Waals surface area contributed by atoms with Gasteiger partial charge in [-0.05, 0) is 0 Å². The van der Waals surface area contributed by atoms with E-state index in [1.807, 2.05) is 0 Å². The van der Waals surface area contributed by atoms with Gasteiger partial charge in [-0.1, -0.05) is 0 Å². The van der Waals surface area contributed by atoms with Gasteiger partial charge in [0.2, 0.25) is 0 Å². The van der Waals surface area contributed by atoms with Crippen LogP contribution in [0.1, 0.15) is 0 Å². The molecule has 0 saturated heterocycles. The molecule has 0 aromatic rings. The van der Waals surface area contributed by atoms with Gasteiger partial charge in [-0.25, -0.2) is 4.57 Å². The summed E-state index contributed by atoms with van der Waals surface area (Å²) in [5.74, 6) is 0. The van der Waals surface area contributed by atoms with Crippen LogP contribution in [0.2, 0.25) is 0 Å². The molecule has 0 amide bonds. The predicted molar refractivity (Wildman–Crippen MR) is 83.8 cm³/mol. The Kier molecular flexibility index (Phi) is 11.2. The molecule has 1 fully saturated rings. The molecule has 1 aliphatic carbocycles. The van der Waals surface area contributed by atoms with E-state index >= 15 is 0 Å². The maximum atomic E-state index is 11.3. The second-order valence-electron chi connectivity index (χ2n) is 6.19. The van der Waals surface area contributed by atoms with Crippen LogP contribution in [-0.2, 0) is 54.5 Å². The Labute approximate surface area is 197 Å². The quantitative estimate of drug-likeness (QED) is 0.142. The minimum Gasteiger partial charge on any atom is -0.790 e. The summed E-state index contributed by atoms with van der Waals surface area (Å²) >= 11 is 0. The first-order chi connectivity index (χ1) is 15.6. The lowest BCUT2D eigenvalue weighted by molar-refractivity contribution is -0.371. The van der Waals surface area contributed by atoms with E-state index in [2.05, 4.69) is 27.1 Å². The first kappa shape index (κ1) is 34.7. The summed E-state index contributed by atoms with van der Waals surface area (Å²) in [6.07, 6.45) is -20.6. The van der Waals surface area contributed by atoms with E-state index in [0.717, 1.165) is 0 Å². The first-order valence-corrected chi connectivity index (χ1v) is 16.8. The van der Waals surface area contributed by atoms with E-state index in [0.29, 0.717) is 0 Å². The summed E-state index contributed by atoms with van der Waals surface area (Å²) in [6.45, 7) is 0. The van der Waals surface area contributed by atoms with Crippen molar-refractivity contribution in [2.75, 3.05) is 0 Å². The molecule has 24 nitrogen and oxygen atoms in total. The average molecular weight is 652 g/mol. The van der Waals surface area contributed by atoms with Gasteiger partial charge in [0.1, 0.15) is 36.6 Å². The Morgan fingerprint density at radius 1 is 0.389 bits per heavy atom. The van der Waals surface area contributed by atoms with Gasteiger partial charge in [0, 0.05) is 0 Å². The summed E-state index contributed by atoms with van der Waals surface area (Å²) in [7, 11) is -38.8. The highest BCUT2D eigenvalue weighted by molar-refractivity contribution is 7.46. The van der Waals surface area contributed by atoms with Crippen LogP contribution in [0.3, 0.4) is 0 Å². The zero-order chi connectivity index (χ0) is 28.7. The van der Waals surface area contributed by atoms with Gasteiger partial charge >= 0.3 is 7.82 Å². The Balaban J connectivity index is 4.04. The highest BCUT2D eigenvalue weighted by Gasteiger charge is 2.59. The molecule has 1 aliphatic rings. The van der Waals surface area contributed by atoms with Crippen LogP contribution in [0, 0.1) is 0 Å². The molecule has 0 radical (unpaired) electrons. The molecule has 0 bridgehead atoms. The fourth-order valence-electron chi connectivity index (χ4n) is 2.75. The van der Waals surface area contributed by atoms with Gasteiger partial charge in [0.25, 0.3) is 15.6 Å². The van der Waals surface area contributed by atoms with Crippen molar-refractivity contribution in [2.24, 2.45) is 0 Å². The lowest BCUT2D eigenvalue weighted by atomic mass is 9.85. The largest absolute Gasteiger partial charge is 0.790 e. The summed E-state index contributed by atoms with van der Waals surface area (Å²) in [4.78, 5) is 125. The molecular formula is C6H10O24P6-8. The van der Waals surface area contributed by atoms with Crippen molar-refractivity contribution in [3.63, 3.8) is 0 Å². The Hall–Kier alpha value is 0.660. The second-order valence-corrected chi connectivity index (χ2v) is 13.0. The van der Waals surface area contributed by atoms with Crippen molar-refractivity contribution in [1.82, 2.24) is 0 Å². The van der Waals surface area contributed by atoms with Crippen LogP contribution in [-0.4, -0.2) is 56.2 Å². The van der Waals surface area contributed by atoms with E-state index in [1.54, 1.807) is 0 Å². The SMILES string of the molecule is O=P([O-])([O-])O[C@@H]1C(OP(=O)([O-])O)C(OP(=O)(O)O)[C@@H](OP(=O)([O-])[O-])[C@@H](OP(=O)([O-])[O-])C1OP(=O)([O-])O. The van der Waals surface area contributed by atoms with Gasteiger partial charge in [0.15, 0.2) is 0 Å². The molecule has 8 atom stereocenters. The van der Waals surface area contributed by atoms with Crippen molar-refractivity contribution in [1.29, 1.82) is 0 Å². The minimum absolute atomic E-state index is 3.39. The van der Waals surface area contributed by atoms with Crippen molar-refractivity contribution < 1.29 is 113 Å². The molecule has 30 heteroatoms. The molecule has 0 heterocycles. The zero-order valence-electron chi connectivity index (χ0n) is 16.1. The molecule has 0 aromatic heterocycles. The number of phosphoric acid groups is 6. The van der Waals surface area contributed by atoms with Gasteiger partial charge in [-0.15, -0.1) is 0 Å². The van der Waals surface area contributed by atoms with Crippen LogP contribution < -0.4 is 39.1 Å². The minimum atomic E-state index is -6.62. The maximum Gasteiger partial charge on any atom is 0.470 e. The van der Waals surface area contributed by atoms with Crippen molar-refractivity contribution in [3.05, 3.63) is 0 Å². The van der Waals surface area contributed by atoms with Crippen LogP contribution in [0.25, 0.3) is 0 Å². The van der Waals surface area contributed by atoms with E-state index in [9.17, 15) is 66.5 Å². The molecule has 36 heavy (non-hydrogen) atoms. The smallest absolute Gasteiger partial charge is 0.470 e. The lowest BCUT2D eigenvalue weighted by Crippen LogP contribution is -2.67. The number of hydrogen-bond acceptors (Lipinski definition) is 20. The normalized spacial score (nSPS) is 32.0. The number of hydrogen-bond donors (Lipinski definition) is 4. The third-order valence-corrected chi connectivity index (χ3v) is 6.51. The van der Waals surface area contributed by atoms with Gasteiger partial charge in [0.05, 0.1) is 23.5 Å². The van der Waals surface area contributed by atoms with Gasteiger partial charge < -0.3 is 95.0 Å². The monoisotopic (exact) mass is 652 g/mol. The molecule has 0 aromatic carbocycles. The zero-order valence-corrected chi connectivity index (χ0v) is 21.5. The van der Waals surface area contributed by atoms with Gasteiger partial charge in [-0.3, -0.25) is 13.7 Å². The maximum absolute atomic E-state index is 11.3. The molecule has 4 N–H and O–H groups in total. The number of rotatable bonds is 12. The van der Waals surface area contributed by atoms with Gasteiger partial charge in [-0.2, -0.15) is 0 Å². The molecule has 5 unspecified atom stereocenters. The lowest BCUT2D eigenvalue weighted by Gasteiger charge is -2.54. The Morgan fingerprint density at radius 2 is 0.583 bits per heavy atom. The fraction of sp³-hybridized carbons (Fsp3) is 1.00.